The van der Waals surface area contributed by atoms with Crippen LogP contribution in [-0.2, 0) is 0 Å². The molecule has 5 heteroatoms. The van der Waals surface area contributed by atoms with Crippen molar-refractivity contribution in [3.8, 4) is 6.07 Å². The van der Waals surface area contributed by atoms with Gasteiger partial charge in [-0.1, -0.05) is 22.0 Å². The molecule has 3 nitrogen and oxygen atoms in total. The van der Waals surface area contributed by atoms with E-state index >= 15 is 0 Å². The third-order valence-corrected chi connectivity index (χ3v) is 3.28. The molecule has 1 N–H and O–H groups in total. The van der Waals surface area contributed by atoms with Gasteiger partial charge in [0.1, 0.15) is 11.9 Å². The maximum Gasteiger partial charge on any atom is 0.255 e. The first-order valence-electron chi connectivity index (χ1n) is 5.78. The molecule has 0 aliphatic rings. The van der Waals surface area contributed by atoms with Gasteiger partial charge >= 0.3 is 0 Å². The standard InChI is InChI=1S/C15H10BrFN2O/c1-9-2-3-10(6-13(9)17)15(20)19-14-7-12(16)5-4-11(14)8-18/h2-7H,1H3,(H,19,20). The Bertz CT molecular complexity index is 722. The summed E-state index contributed by atoms with van der Waals surface area (Å²) >= 11 is 3.27. The van der Waals surface area contributed by atoms with E-state index in [1.807, 2.05) is 6.07 Å². The molecule has 0 bridgehead atoms. The summed E-state index contributed by atoms with van der Waals surface area (Å²) in [5.74, 6) is -0.897. The number of aryl methyl sites for hydroxylation is 1. The van der Waals surface area contributed by atoms with Crippen LogP contribution in [0.3, 0.4) is 0 Å². The Balaban J connectivity index is 2.30. The second kappa shape index (κ2) is 5.85. The molecular weight excluding hydrogens is 323 g/mol. The van der Waals surface area contributed by atoms with Gasteiger partial charge in [0, 0.05) is 10.0 Å². The summed E-state index contributed by atoms with van der Waals surface area (Å²) in [4.78, 5) is 12.1. The number of benzene rings is 2. The van der Waals surface area contributed by atoms with Gasteiger partial charge in [-0.2, -0.15) is 5.26 Å². The predicted molar refractivity (Wildman–Crippen MR) is 77.9 cm³/mol. The summed E-state index contributed by atoms with van der Waals surface area (Å²) < 4.78 is 14.2. The van der Waals surface area contributed by atoms with E-state index < -0.39 is 11.7 Å². The van der Waals surface area contributed by atoms with Crippen LogP contribution in [0.1, 0.15) is 21.5 Å². The third-order valence-electron chi connectivity index (χ3n) is 2.78. The van der Waals surface area contributed by atoms with Gasteiger partial charge in [0.15, 0.2) is 0 Å². The van der Waals surface area contributed by atoms with Crippen molar-refractivity contribution < 1.29 is 9.18 Å². The number of anilines is 1. The first-order chi connectivity index (χ1) is 9.51. The lowest BCUT2D eigenvalue weighted by atomic mass is 10.1. The van der Waals surface area contributed by atoms with Crippen LogP contribution >= 0.6 is 15.9 Å². The molecule has 0 fully saturated rings. The summed E-state index contributed by atoms with van der Waals surface area (Å²) in [6.45, 7) is 1.62. The molecule has 0 aromatic heterocycles. The molecule has 2 rings (SSSR count). The minimum Gasteiger partial charge on any atom is -0.321 e. The zero-order valence-corrected chi connectivity index (χ0v) is 12.2. The molecule has 1 amide bonds. The van der Waals surface area contributed by atoms with Crippen molar-refractivity contribution in [2.24, 2.45) is 0 Å². The van der Waals surface area contributed by atoms with Crippen LogP contribution in [0.15, 0.2) is 40.9 Å². The smallest absolute Gasteiger partial charge is 0.255 e. The topological polar surface area (TPSA) is 52.9 Å². The van der Waals surface area contributed by atoms with Gasteiger partial charge < -0.3 is 5.32 Å². The fourth-order valence-electron chi connectivity index (χ4n) is 1.65. The highest BCUT2D eigenvalue weighted by molar-refractivity contribution is 9.10. The molecule has 0 spiro atoms. The number of halogens is 2. The van der Waals surface area contributed by atoms with Crippen LogP contribution in [0, 0.1) is 24.1 Å². The molecule has 0 atom stereocenters. The summed E-state index contributed by atoms with van der Waals surface area (Å²) in [7, 11) is 0. The highest BCUT2D eigenvalue weighted by Gasteiger charge is 2.11. The molecule has 100 valence electrons. The monoisotopic (exact) mass is 332 g/mol. The van der Waals surface area contributed by atoms with Crippen molar-refractivity contribution in [2.45, 2.75) is 6.92 Å². The van der Waals surface area contributed by atoms with Crippen LogP contribution < -0.4 is 5.32 Å². The second-order valence-electron chi connectivity index (χ2n) is 4.22. The number of carbonyl (C=O) groups is 1. The molecule has 0 saturated carbocycles. The van der Waals surface area contributed by atoms with Gasteiger partial charge in [-0.25, -0.2) is 4.39 Å². The molecule has 2 aromatic rings. The van der Waals surface area contributed by atoms with Crippen molar-refractivity contribution in [2.75, 3.05) is 5.32 Å². The lowest BCUT2D eigenvalue weighted by molar-refractivity contribution is 0.102. The number of nitrogens with zero attached hydrogens (tertiary/aromatic N) is 1. The summed E-state index contributed by atoms with van der Waals surface area (Å²) in [5.41, 5.74) is 1.40. The summed E-state index contributed by atoms with van der Waals surface area (Å²) in [6.07, 6.45) is 0. The van der Waals surface area contributed by atoms with Gasteiger partial charge in [0.2, 0.25) is 0 Å². The van der Waals surface area contributed by atoms with E-state index in [-0.39, 0.29) is 5.56 Å². The Hall–Kier alpha value is -2.19. The molecule has 2 aromatic carbocycles. The molecule has 0 radical (unpaired) electrons. The maximum atomic E-state index is 13.4. The second-order valence-corrected chi connectivity index (χ2v) is 5.14. The Morgan fingerprint density at radius 2 is 2.05 bits per heavy atom. The SMILES string of the molecule is Cc1ccc(C(=O)Nc2cc(Br)ccc2C#N)cc1F. The summed E-state index contributed by atoms with van der Waals surface area (Å²) in [5, 5.41) is 11.6. The molecule has 0 heterocycles. The van der Waals surface area contributed by atoms with Crippen LogP contribution in [0.2, 0.25) is 0 Å². The zero-order chi connectivity index (χ0) is 14.7. The molecule has 0 aliphatic carbocycles. The molecular formula is C15H10BrFN2O. The lowest BCUT2D eigenvalue weighted by Crippen LogP contribution is -2.13. The van der Waals surface area contributed by atoms with Gasteiger partial charge in [-0.05, 0) is 42.8 Å². The third kappa shape index (κ3) is 3.03. The first kappa shape index (κ1) is 14.2. The normalized spacial score (nSPS) is 9.90. The number of amides is 1. The van der Waals surface area contributed by atoms with E-state index in [0.717, 1.165) is 4.47 Å². The molecule has 0 unspecified atom stereocenters. The summed E-state index contributed by atoms with van der Waals surface area (Å²) in [6, 6.07) is 11.2. The average Bonchev–Trinajstić information content (AvgIpc) is 2.42. The van der Waals surface area contributed by atoms with Crippen LogP contribution in [0.4, 0.5) is 10.1 Å². The Labute approximate surface area is 124 Å². The highest BCUT2D eigenvalue weighted by atomic mass is 79.9. The van der Waals surface area contributed by atoms with Crippen molar-refractivity contribution in [1.29, 1.82) is 5.26 Å². The van der Waals surface area contributed by atoms with Crippen molar-refractivity contribution in [3.05, 3.63) is 63.4 Å². The lowest BCUT2D eigenvalue weighted by Gasteiger charge is -2.08. The number of carbonyl (C=O) groups excluding carboxylic acids is 1. The molecule has 0 saturated heterocycles. The van der Waals surface area contributed by atoms with Crippen LogP contribution in [0.5, 0.6) is 0 Å². The van der Waals surface area contributed by atoms with Gasteiger partial charge in [-0.3, -0.25) is 4.79 Å². The fourth-order valence-corrected chi connectivity index (χ4v) is 2.01. The van der Waals surface area contributed by atoms with E-state index in [2.05, 4.69) is 21.2 Å². The van der Waals surface area contributed by atoms with Crippen LogP contribution in [0.25, 0.3) is 0 Å². The predicted octanol–water partition coefficient (Wildman–Crippen LogP) is 4.02. The zero-order valence-electron chi connectivity index (χ0n) is 10.6. The van der Waals surface area contributed by atoms with Crippen LogP contribution in [-0.4, -0.2) is 5.91 Å². The van der Waals surface area contributed by atoms with E-state index in [0.29, 0.717) is 16.8 Å². The Morgan fingerprint density at radius 3 is 2.70 bits per heavy atom. The minimum atomic E-state index is -0.460. The average molecular weight is 333 g/mol. The van der Waals surface area contributed by atoms with E-state index in [1.54, 1.807) is 25.1 Å². The fraction of sp³-hybridized carbons (Fsp3) is 0.0667. The Kier molecular flexibility index (Phi) is 4.16. The number of nitrogens with one attached hydrogen (secondary N) is 1. The van der Waals surface area contributed by atoms with Gasteiger partial charge in [0.05, 0.1) is 11.3 Å². The van der Waals surface area contributed by atoms with Gasteiger partial charge in [0.25, 0.3) is 5.91 Å². The maximum absolute atomic E-state index is 13.4. The largest absolute Gasteiger partial charge is 0.321 e. The number of hydrogen-bond acceptors (Lipinski definition) is 2. The van der Waals surface area contributed by atoms with Crippen molar-refractivity contribution in [1.82, 2.24) is 0 Å². The number of rotatable bonds is 2. The van der Waals surface area contributed by atoms with Crippen molar-refractivity contribution >= 4 is 27.5 Å². The quantitative estimate of drug-likeness (QED) is 0.902. The first-order valence-corrected chi connectivity index (χ1v) is 6.57. The molecule has 20 heavy (non-hydrogen) atoms. The van der Waals surface area contributed by atoms with Crippen molar-refractivity contribution in [3.63, 3.8) is 0 Å². The molecule has 0 aliphatic heterocycles. The van der Waals surface area contributed by atoms with E-state index in [1.165, 1.54) is 18.2 Å². The Morgan fingerprint density at radius 1 is 1.30 bits per heavy atom. The number of nitriles is 1. The van der Waals surface area contributed by atoms with E-state index in [4.69, 9.17) is 5.26 Å². The minimum absolute atomic E-state index is 0.206. The number of hydrogen-bond donors (Lipinski definition) is 1. The van der Waals surface area contributed by atoms with E-state index in [9.17, 15) is 9.18 Å². The van der Waals surface area contributed by atoms with Gasteiger partial charge in [-0.15, -0.1) is 0 Å². The highest BCUT2D eigenvalue weighted by Crippen LogP contribution is 2.21.